The number of carbonyl (C=O) groups excluding carboxylic acids is 1. The molecule has 1 aromatic heterocycles. The Morgan fingerprint density at radius 3 is 2.58 bits per heavy atom. The van der Waals surface area contributed by atoms with E-state index in [2.05, 4.69) is 0 Å². The van der Waals surface area contributed by atoms with Crippen LogP contribution < -0.4 is 14.2 Å². The monoisotopic (exact) mass is 352 g/mol. The lowest BCUT2D eigenvalue weighted by molar-refractivity contribution is 0.102. The summed E-state index contributed by atoms with van der Waals surface area (Å²) in [5.41, 5.74) is 1.39. The number of allylic oxidation sites excluding steroid dienone is 1. The first-order chi connectivity index (χ1) is 12.7. The average Bonchev–Trinajstić information content (AvgIpc) is 3.11. The maximum atomic E-state index is 12.4. The zero-order chi connectivity index (χ0) is 18.5. The fraction of sp³-hybridized carbons (Fsp3) is 0.190. The van der Waals surface area contributed by atoms with Crippen LogP contribution in [0.3, 0.4) is 0 Å². The minimum Gasteiger partial charge on any atom is -0.493 e. The van der Waals surface area contributed by atoms with Crippen molar-refractivity contribution in [1.82, 2.24) is 0 Å². The molecule has 5 heteroatoms. The quantitative estimate of drug-likeness (QED) is 0.454. The van der Waals surface area contributed by atoms with Gasteiger partial charge in [-0.05, 0) is 42.8 Å². The van der Waals surface area contributed by atoms with Gasteiger partial charge in [0.2, 0.25) is 5.78 Å². The van der Waals surface area contributed by atoms with Crippen LogP contribution in [0, 0.1) is 0 Å². The molecule has 5 nitrogen and oxygen atoms in total. The van der Waals surface area contributed by atoms with Crippen LogP contribution in [0.2, 0.25) is 0 Å². The molecule has 0 bridgehead atoms. The van der Waals surface area contributed by atoms with Crippen molar-refractivity contribution in [2.24, 2.45) is 0 Å². The molecule has 0 fully saturated rings. The number of para-hydroxylation sites is 1. The summed E-state index contributed by atoms with van der Waals surface area (Å²) in [7, 11) is 3.16. The van der Waals surface area contributed by atoms with Crippen LogP contribution in [0.5, 0.6) is 17.2 Å². The molecule has 0 amide bonds. The number of furan rings is 1. The van der Waals surface area contributed by atoms with Crippen LogP contribution in [0.4, 0.5) is 0 Å². The first kappa shape index (κ1) is 17.6. The number of rotatable bonds is 7. The molecular weight excluding hydrogens is 332 g/mol. The number of ether oxygens (including phenoxy) is 3. The van der Waals surface area contributed by atoms with E-state index in [0.717, 1.165) is 10.9 Å². The highest BCUT2D eigenvalue weighted by Gasteiger charge is 2.13. The predicted molar refractivity (Wildman–Crippen MR) is 100 cm³/mol. The normalized spacial score (nSPS) is 11.0. The fourth-order valence-electron chi connectivity index (χ4n) is 2.64. The highest BCUT2D eigenvalue weighted by atomic mass is 16.5. The molecule has 0 radical (unpaired) electrons. The Balaban J connectivity index is 1.84. The molecule has 0 aliphatic rings. The van der Waals surface area contributed by atoms with E-state index in [1.54, 1.807) is 38.5 Å². The molecule has 2 aromatic carbocycles. The van der Waals surface area contributed by atoms with Crippen molar-refractivity contribution in [1.29, 1.82) is 0 Å². The number of benzene rings is 2. The van der Waals surface area contributed by atoms with Crippen LogP contribution in [0.15, 0.2) is 53.0 Å². The minimum atomic E-state index is -0.225. The summed E-state index contributed by atoms with van der Waals surface area (Å²) in [5.74, 6) is 1.93. The van der Waals surface area contributed by atoms with Gasteiger partial charge in [-0.15, -0.1) is 0 Å². The van der Waals surface area contributed by atoms with Gasteiger partial charge < -0.3 is 18.6 Å². The molecule has 3 rings (SSSR count). The van der Waals surface area contributed by atoms with Crippen LogP contribution >= 0.6 is 0 Å². The van der Waals surface area contributed by atoms with E-state index in [4.69, 9.17) is 18.6 Å². The van der Waals surface area contributed by atoms with Crippen molar-refractivity contribution in [2.45, 2.75) is 6.92 Å². The van der Waals surface area contributed by atoms with Gasteiger partial charge in [0.25, 0.3) is 0 Å². The van der Waals surface area contributed by atoms with Gasteiger partial charge in [-0.2, -0.15) is 0 Å². The number of ketones is 1. The van der Waals surface area contributed by atoms with E-state index < -0.39 is 0 Å². The van der Waals surface area contributed by atoms with Crippen LogP contribution in [-0.2, 0) is 0 Å². The summed E-state index contributed by atoms with van der Waals surface area (Å²) in [6.45, 7) is 2.44. The first-order valence-electron chi connectivity index (χ1n) is 8.26. The Labute approximate surface area is 151 Å². The van der Waals surface area contributed by atoms with E-state index in [1.165, 1.54) is 6.08 Å². The van der Waals surface area contributed by atoms with E-state index in [-0.39, 0.29) is 11.5 Å². The van der Waals surface area contributed by atoms with Crippen LogP contribution in [0.25, 0.3) is 17.0 Å². The minimum absolute atomic E-state index is 0.225. The van der Waals surface area contributed by atoms with Gasteiger partial charge in [-0.25, -0.2) is 0 Å². The Kier molecular flexibility index (Phi) is 5.27. The van der Waals surface area contributed by atoms with E-state index in [9.17, 15) is 4.79 Å². The summed E-state index contributed by atoms with van der Waals surface area (Å²) >= 11 is 0. The summed E-state index contributed by atoms with van der Waals surface area (Å²) in [6.07, 6.45) is 3.19. The fourth-order valence-corrected chi connectivity index (χ4v) is 2.64. The third-order valence-electron chi connectivity index (χ3n) is 3.89. The molecule has 0 aliphatic carbocycles. The molecule has 0 saturated heterocycles. The van der Waals surface area contributed by atoms with Crippen molar-refractivity contribution in [3.63, 3.8) is 0 Å². The van der Waals surface area contributed by atoms with Gasteiger partial charge in [0, 0.05) is 5.39 Å². The van der Waals surface area contributed by atoms with Gasteiger partial charge >= 0.3 is 0 Å². The van der Waals surface area contributed by atoms with E-state index >= 15 is 0 Å². The Hall–Kier alpha value is -3.21. The molecular formula is C21H20O5. The van der Waals surface area contributed by atoms with Gasteiger partial charge in [0.05, 0.1) is 20.8 Å². The molecule has 134 valence electrons. The second-order valence-electron chi connectivity index (χ2n) is 5.53. The lowest BCUT2D eigenvalue weighted by Gasteiger charge is -2.09. The van der Waals surface area contributed by atoms with Crippen LogP contribution in [-0.4, -0.2) is 26.6 Å². The number of hydrogen-bond donors (Lipinski definition) is 0. The maximum absolute atomic E-state index is 12.4. The van der Waals surface area contributed by atoms with Crippen molar-refractivity contribution in [3.05, 3.63) is 59.9 Å². The number of hydrogen-bond acceptors (Lipinski definition) is 5. The summed E-state index contributed by atoms with van der Waals surface area (Å²) in [6, 6.07) is 12.7. The van der Waals surface area contributed by atoms with Crippen molar-refractivity contribution >= 4 is 22.8 Å². The Morgan fingerprint density at radius 1 is 1.04 bits per heavy atom. The molecule has 0 aliphatic heterocycles. The van der Waals surface area contributed by atoms with Gasteiger partial charge in [0.15, 0.2) is 28.6 Å². The maximum Gasteiger partial charge on any atom is 0.221 e. The topological polar surface area (TPSA) is 57.9 Å². The first-order valence-corrected chi connectivity index (χ1v) is 8.26. The molecule has 0 atom stereocenters. The largest absolute Gasteiger partial charge is 0.493 e. The van der Waals surface area contributed by atoms with Gasteiger partial charge in [-0.3, -0.25) is 4.79 Å². The molecule has 0 unspecified atom stereocenters. The number of fused-ring (bicyclic) bond motifs is 1. The third kappa shape index (κ3) is 3.57. The van der Waals surface area contributed by atoms with Crippen molar-refractivity contribution < 1.29 is 23.4 Å². The van der Waals surface area contributed by atoms with Gasteiger partial charge in [0.1, 0.15) is 0 Å². The lowest BCUT2D eigenvalue weighted by Crippen LogP contribution is -1.95. The van der Waals surface area contributed by atoms with E-state index in [1.807, 2.05) is 31.2 Å². The van der Waals surface area contributed by atoms with Gasteiger partial charge in [-0.1, -0.05) is 24.3 Å². The van der Waals surface area contributed by atoms with Crippen molar-refractivity contribution in [3.8, 4) is 17.2 Å². The average molecular weight is 352 g/mol. The summed E-state index contributed by atoms with van der Waals surface area (Å²) in [4.78, 5) is 12.4. The molecule has 0 N–H and O–H groups in total. The smallest absolute Gasteiger partial charge is 0.221 e. The summed E-state index contributed by atoms with van der Waals surface area (Å²) < 4.78 is 21.7. The van der Waals surface area contributed by atoms with E-state index in [0.29, 0.717) is 29.4 Å². The molecule has 3 aromatic rings. The third-order valence-corrected chi connectivity index (χ3v) is 3.89. The zero-order valence-corrected chi connectivity index (χ0v) is 14.9. The molecule has 1 heterocycles. The summed E-state index contributed by atoms with van der Waals surface area (Å²) in [5, 5.41) is 0.823. The highest BCUT2D eigenvalue weighted by molar-refractivity contribution is 6.07. The standard InChI is InChI=1S/C21H20O5/c1-4-25-20-12-14(9-11-17(20)23-2)8-10-16(22)19-13-15-6-5-7-18(24-3)21(15)26-19/h5-13H,4H2,1-3H3/b10-8+. The van der Waals surface area contributed by atoms with Crippen molar-refractivity contribution in [2.75, 3.05) is 20.8 Å². The highest BCUT2D eigenvalue weighted by Crippen LogP contribution is 2.30. The zero-order valence-electron chi connectivity index (χ0n) is 14.9. The number of methoxy groups -OCH3 is 2. The second-order valence-corrected chi connectivity index (χ2v) is 5.53. The Bertz CT molecular complexity index is 952. The number of carbonyl (C=O) groups is 1. The molecule has 0 saturated carbocycles. The Morgan fingerprint density at radius 2 is 1.85 bits per heavy atom. The molecule has 0 spiro atoms. The predicted octanol–water partition coefficient (Wildman–Crippen LogP) is 4.74. The lowest BCUT2D eigenvalue weighted by atomic mass is 10.1. The van der Waals surface area contributed by atoms with Crippen LogP contribution in [0.1, 0.15) is 23.0 Å². The molecule has 26 heavy (non-hydrogen) atoms. The second kappa shape index (κ2) is 7.78. The SMILES string of the molecule is CCOc1cc(/C=C/C(=O)c2cc3cccc(OC)c3o2)ccc1OC.